The largest absolute Gasteiger partial charge is 0.416 e. The number of halogens is 3. The van der Waals surface area contributed by atoms with Crippen LogP contribution in [0.1, 0.15) is 18.9 Å². The lowest BCUT2D eigenvalue weighted by atomic mass is 10.1. The fraction of sp³-hybridized carbons (Fsp3) is 0.400. The molecule has 0 saturated carbocycles. The quantitative estimate of drug-likeness (QED) is 0.569. The fourth-order valence-electron chi connectivity index (χ4n) is 1.46. The molecule has 0 saturated heterocycles. The molecule has 1 aromatic carbocycles. The Kier molecular flexibility index (Phi) is 4.54. The van der Waals surface area contributed by atoms with Crippen molar-refractivity contribution in [1.82, 2.24) is 0 Å². The first-order valence-corrected chi connectivity index (χ1v) is 5.34. The number of alkyl halides is 3. The van der Waals surface area contributed by atoms with Gasteiger partial charge in [-0.25, -0.2) is 0 Å². The Bertz CT molecular complexity index is 477. The lowest BCUT2D eigenvalue weighted by molar-refractivity contribution is -0.384. The summed E-state index contributed by atoms with van der Waals surface area (Å²) in [6.07, 6.45) is -4.12. The van der Waals surface area contributed by atoms with Crippen LogP contribution in [-0.2, 0) is 6.18 Å². The number of nitro benzene ring substituents is 1. The second-order valence-corrected chi connectivity index (χ2v) is 3.71. The molecule has 0 heterocycles. The van der Waals surface area contributed by atoms with Gasteiger partial charge in [0.25, 0.3) is 5.69 Å². The second kappa shape index (κ2) is 5.74. The topological polar surface area (TPSA) is 87.4 Å². The summed E-state index contributed by atoms with van der Waals surface area (Å²) < 4.78 is 37.7. The molecule has 0 aliphatic heterocycles. The molecule has 1 aromatic rings. The van der Waals surface area contributed by atoms with E-state index in [9.17, 15) is 23.3 Å². The first-order chi connectivity index (χ1) is 8.81. The van der Waals surface area contributed by atoms with Crippen LogP contribution in [0, 0.1) is 10.1 Å². The smallest absolute Gasteiger partial charge is 0.378 e. The van der Waals surface area contributed by atoms with E-state index >= 15 is 0 Å². The van der Waals surface area contributed by atoms with Crippen LogP contribution in [0.15, 0.2) is 12.1 Å². The van der Waals surface area contributed by atoms with Crippen LogP contribution in [0.4, 0.5) is 30.2 Å². The van der Waals surface area contributed by atoms with E-state index in [0.717, 1.165) is 0 Å². The summed E-state index contributed by atoms with van der Waals surface area (Å²) in [5.74, 6) is 0. The number of anilines is 2. The van der Waals surface area contributed by atoms with Crippen LogP contribution >= 0.6 is 0 Å². The minimum absolute atomic E-state index is 0.178. The van der Waals surface area contributed by atoms with Gasteiger partial charge in [-0.2, -0.15) is 13.2 Å². The van der Waals surface area contributed by atoms with Crippen molar-refractivity contribution in [3.63, 3.8) is 0 Å². The van der Waals surface area contributed by atoms with Crippen molar-refractivity contribution < 1.29 is 23.3 Å². The summed E-state index contributed by atoms with van der Waals surface area (Å²) in [4.78, 5) is 9.88. The minimum atomic E-state index is -4.74. The molecule has 19 heavy (non-hydrogen) atoms. The van der Waals surface area contributed by atoms with Gasteiger partial charge in [-0.1, -0.05) is 6.92 Å². The Hall–Kier alpha value is -2.03. The van der Waals surface area contributed by atoms with Crippen molar-refractivity contribution in [2.24, 2.45) is 0 Å². The molecule has 0 amide bonds. The van der Waals surface area contributed by atoms with E-state index in [0.29, 0.717) is 25.1 Å². The monoisotopic (exact) mass is 279 g/mol. The fourth-order valence-corrected chi connectivity index (χ4v) is 1.46. The minimum Gasteiger partial charge on any atom is -0.378 e. The average molecular weight is 279 g/mol. The zero-order valence-electron chi connectivity index (χ0n) is 9.91. The molecule has 0 aliphatic rings. The molecule has 0 radical (unpaired) electrons. The number of nitrogens with zero attached hydrogens (tertiary/aromatic N) is 1. The number of rotatable bonds is 5. The summed E-state index contributed by atoms with van der Waals surface area (Å²) in [6.45, 7) is 2.11. The normalized spacial score (nSPS) is 11.2. The Labute approximate surface area is 106 Å². The molecule has 106 valence electrons. The van der Waals surface area contributed by atoms with E-state index < -0.39 is 28.0 Å². The van der Waals surface area contributed by atoms with Gasteiger partial charge in [-0.3, -0.25) is 20.8 Å². The van der Waals surface area contributed by atoms with Crippen molar-refractivity contribution in [2.45, 2.75) is 19.5 Å². The highest BCUT2D eigenvalue weighted by molar-refractivity contribution is 5.79. The molecule has 0 aromatic heterocycles. The number of nitro groups is 1. The van der Waals surface area contributed by atoms with E-state index in [4.69, 9.17) is 5.21 Å². The molecule has 0 fully saturated rings. The first kappa shape index (κ1) is 15.0. The maximum absolute atomic E-state index is 12.6. The van der Waals surface area contributed by atoms with Gasteiger partial charge in [0.15, 0.2) is 0 Å². The summed E-state index contributed by atoms with van der Waals surface area (Å²) in [7, 11) is 0. The maximum Gasteiger partial charge on any atom is 0.416 e. The lowest BCUT2D eigenvalue weighted by Gasteiger charge is -2.14. The third-order valence-electron chi connectivity index (χ3n) is 2.31. The molecular weight excluding hydrogens is 267 g/mol. The number of benzene rings is 1. The van der Waals surface area contributed by atoms with Crippen molar-refractivity contribution in [2.75, 3.05) is 17.3 Å². The number of hydrogen-bond acceptors (Lipinski definition) is 5. The van der Waals surface area contributed by atoms with Crippen LogP contribution in [0.2, 0.25) is 0 Å². The standard InChI is InChI=1S/C10H12F3N3O3/c1-2-3-14-9-7(15-17)4-6(10(11,12)13)5-8(9)16(18)19/h4-5,14-15,17H,2-3H2,1H3. The molecule has 9 heteroatoms. The highest BCUT2D eigenvalue weighted by Gasteiger charge is 2.34. The van der Waals surface area contributed by atoms with Gasteiger partial charge in [-0.05, 0) is 12.5 Å². The van der Waals surface area contributed by atoms with Crippen LogP contribution in [0.3, 0.4) is 0 Å². The van der Waals surface area contributed by atoms with Gasteiger partial charge in [0.1, 0.15) is 5.69 Å². The highest BCUT2D eigenvalue weighted by atomic mass is 19.4. The van der Waals surface area contributed by atoms with Crippen LogP contribution in [-0.4, -0.2) is 16.7 Å². The molecule has 0 bridgehead atoms. The molecule has 0 unspecified atom stereocenters. The van der Waals surface area contributed by atoms with Crippen molar-refractivity contribution in [1.29, 1.82) is 0 Å². The lowest BCUT2D eigenvalue weighted by Crippen LogP contribution is -2.11. The van der Waals surface area contributed by atoms with Crippen LogP contribution < -0.4 is 10.8 Å². The van der Waals surface area contributed by atoms with Crippen molar-refractivity contribution >= 4 is 17.1 Å². The van der Waals surface area contributed by atoms with E-state index in [1.165, 1.54) is 0 Å². The maximum atomic E-state index is 12.6. The zero-order chi connectivity index (χ0) is 14.6. The summed E-state index contributed by atoms with van der Waals surface area (Å²) in [5.41, 5.74) is -0.987. The van der Waals surface area contributed by atoms with Crippen molar-refractivity contribution in [3.8, 4) is 0 Å². The Morgan fingerprint density at radius 3 is 2.47 bits per heavy atom. The van der Waals surface area contributed by atoms with Crippen molar-refractivity contribution in [3.05, 3.63) is 27.8 Å². The van der Waals surface area contributed by atoms with E-state index in [1.807, 2.05) is 0 Å². The summed E-state index contributed by atoms with van der Waals surface area (Å²) >= 11 is 0. The van der Waals surface area contributed by atoms with Crippen LogP contribution in [0.25, 0.3) is 0 Å². The second-order valence-electron chi connectivity index (χ2n) is 3.71. The van der Waals surface area contributed by atoms with Gasteiger partial charge < -0.3 is 5.32 Å². The van der Waals surface area contributed by atoms with E-state index in [2.05, 4.69) is 5.32 Å². The van der Waals surface area contributed by atoms with Crippen LogP contribution in [0.5, 0.6) is 0 Å². The van der Waals surface area contributed by atoms with E-state index in [-0.39, 0.29) is 5.69 Å². The average Bonchev–Trinajstić information content (AvgIpc) is 2.33. The van der Waals surface area contributed by atoms with Gasteiger partial charge in [0.2, 0.25) is 0 Å². The molecule has 3 N–H and O–H groups in total. The Morgan fingerprint density at radius 2 is 2.05 bits per heavy atom. The molecular formula is C10H12F3N3O3. The third-order valence-corrected chi connectivity index (χ3v) is 2.31. The highest BCUT2D eigenvalue weighted by Crippen LogP contribution is 2.39. The SMILES string of the molecule is CCCNc1c(NO)cc(C(F)(F)F)cc1[N+](=O)[O-]. The Morgan fingerprint density at radius 1 is 1.42 bits per heavy atom. The summed E-state index contributed by atoms with van der Waals surface area (Å²) in [6, 6.07) is 1.03. The predicted molar refractivity (Wildman–Crippen MR) is 62.3 cm³/mol. The molecule has 0 aliphatic carbocycles. The number of nitrogens with one attached hydrogen (secondary N) is 2. The van der Waals surface area contributed by atoms with Gasteiger partial charge in [0.05, 0.1) is 16.2 Å². The molecule has 0 spiro atoms. The van der Waals surface area contributed by atoms with Gasteiger partial charge >= 0.3 is 6.18 Å². The van der Waals surface area contributed by atoms with Gasteiger partial charge in [0, 0.05) is 12.6 Å². The number of hydrogen-bond donors (Lipinski definition) is 3. The summed E-state index contributed by atoms with van der Waals surface area (Å²) in [5, 5.41) is 22.3. The molecule has 0 atom stereocenters. The Balaban J connectivity index is 3.40. The predicted octanol–water partition coefficient (Wildman–Crippen LogP) is 3.24. The zero-order valence-corrected chi connectivity index (χ0v) is 9.91. The molecule has 1 rings (SSSR count). The first-order valence-electron chi connectivity index (χ1n) is 5.34. The molecule has 6 nitrogen and oxygen atoms in total. The van der Waals surface area contributed by atoms with E-state index in [1.54, 1.807) is 12.4 Å². The van der Waals surface area contributed by atoms with Gasteiger partial charge in [-0.15, -0.1) is 0 Å². The third kappa shape index (κ3) is 3.47.